The summed E-state index contributed by atoms with van der Waals surface area (Å²) in [4.78, 5) is 24.4. The van der Waals surface area contributed by atoms with E-state index < -0.39 is 0 Å². The number of H-pyrrole nitrogens is 1. The van der Waals surface area contributed by atoms with Gasteiger partial charge in [-0.2, -0.15) is 0 Å². The fourth-order valence-corrected chi connectivity index (χ4v) is 3.22. The van der Waals surface area contributed by atoms with Crippen molar-refractivity contribution in [2.45, 2.75) is 0 Å². The normalized spacial score (nSPS) is 11.6. The first kappa shape index (κ1) is 19.6. The second-order valence-corrected chi connectivity index (χ2v) is 6.85. The van der Waals surface area contributed by atoms with Crippen molar-refractivity contribution in [3.8, 4) is 11.4 Å². The van der Waals surface area contributed by atoms with Gasteiger partial charge in [-0.15, -0.1) is 0 Å². The third-order valence-electron chi connectivity index (χ3n) is 4.47. The van der Waals surface area contributed by atoms with Crippen LogP contribution in [0.25, 0.3) is 28.1 Å². The van der Waals surface area contributed by atoms with Crippen molar-refractivity contribution < 1.29 is 9.21 Å². The molecule has 0 unspecified atom stereocenters. The maximum Gasteiger partial charge on any atom is 0.291 e. The Morgan fingerprint density at radius 1 is 1.33 bits per heavy atom. The highest BCUT2D eigenvalue weighted by Crippen LogP contribution is 2.30. The third-order valence-corrected chi connectivity index (χ3v) is 4.80. The number of aromatic nitrogens is 3. The van der Waals surface area contributed by atoms with Crippen LogP contribution in [0, 0.1) is 0 Å². The number of carbonyl (C=O) groups excluding carboxylic acids is 1. The second kappa shape index (κ2) is 8.36. The van der Waals surface area contributed by atoms with Crippen molar-refractivity contribution in [3.05, 3.63) is 83.9 Å². The van der Waals surface area contributed by atoms with Crippen LogP contribution in [0.2, 0.25) is 5.02 Å². The lowest BCUT2D eigenvalue weighted by atomic mass is 10.1. The minimum atomic E-state index is -0.354. The van der Waals surface area contributed by atoms with Crippen molar-refractivity contribution in [2.24, 2.45) is 5.73 Å². The van der Waals surface area contributed by atoms with Crippen LogP contribution < -0.4 is 11.1 Å². The number of halogens is 1. The van der Waals surface area contributed by atoms with Crippen LogP contribution in [0.15, 0.2) is 72.0 Å². The number of amides is 1. The van der Waals surface area contributed by atoms with Crippen LogP contribution >= 0.6 is 11.6 Å². The predicted octanol–water partition coefficient (Wildman–Crippen LogP) is 4.65. The summed E-state index contributed by atoms with van der Waals surface area (Å²) in [7, 11) is 0. The number of carbonyl (C=O) groups is 1. The molecular weight excluding hydrogens is 402 g/mol. The van der Waals surface area contributed by atoms with Gasteiger partial charge < -0.3 is 20.5 Å². The lowest BCUT2D eigenvalue weighted by Crippen LogP contribution is -2.10. The summed E-state index contributed by atoms with van der Waals surface area (Å²) in [5.41, 5.74) is 10.1. The molecule has 1 amide bonds. The highest BCUT2D eigenvalue weighted by molar-refractivity contribution is 6.33. The van der Waals surface area contributed by atoms with Gasteiger partial charge in [0.25, 0.3) is 5.91 Å². The van der Waals surface area contributed by atoms with Crippen LogP contribution in [-0.2, 0) is 0 Å². The summed E-state index contributed by atoms with van der Waals surface area (Å²) >= 11 is 6.39. The molecule has 0 spiro atoms. The number of benzene rings is 1. The van der Waals surface area contributed by atoms with Crippen LogP contribution in [-0.4, -0.2) is 27.4 Å². The second-order valence-electron chi connectivity index (χ2n) is 6.44. The van der Waals surface area contributed by atoms with Gasteiger partial charge in [0.1, 0.15) is 5.82 Å². The van der Waals surface area contributed by atoms with Crippen LogP contribution in [0.5, 0.6) is 0 Å². The highest BCUT2D eigenvalue weighted by Gasteiger charge is 2.14. The van der Waals surface area contributed by atoms with Gasteiger partial charge in [-0.05, 0) is 47.5 Å². The van der Waals surface area contributed by atoms with E-state index in [0.717, 1.165) is 16.7 Å². The van der Waals surface area contributed by atoms with E-state index in [0.29, 0.717) is 34.3 Å². The summed E-state index contributed by atoms with van der Waals surface area (Å²) in [5, 5.41) is 3.27. The fraction of sp³-hybridized carbons (Fsp3) is 0.0455. The van der Waals surface area contributed by atoms with E-state index in [2.05, 4.69) is 26.8 Å². The number of imidazole rings is 1. The Balaban J connectivity index is 1.68. The Bertz CT molecular complexity index is 1260. The first-order valence-corrected chi connectivity index (χ1v) is 9.49. The quantitative estimate of drug-likeness (QED) is 0.394. The number of fused-ring (bicyclic) bond motifs is 1. The van der Waals surface area contributed by atoms with Crippen LogP contribution in [0.3, 0.4) is 0 Å². The molecule has 4 rings (SSSR count). The zero-order valence-corrected chi connectivity index (χ0v) is 16.6. The Morgan fingerprint density at radius 2 is 2.20 bits per heavy atom. The average Bonchev–Trinajstić information content (AvgIpc) is 3.42. The molecule has 0 saturated carbocycles. The van der Waals surface area contributed by atoms with Crippen molar-refractivity contribution in [1.29, 1.82) is 0 Å². The number of nitrogens with two attached hydrogens (primary N) is 1. The Kier molecular flexibility index (Phi) is 5.47. The molecule has 7 nitrogen and oxygen atoms in total. The van der Waals surface area contributed by atoms with E-state index in [1.807, 2.05) is 12.1 Å². The molecular formula is C22H18ClN5O2. The topological polar surface area (TPSA) is 110 Å². The number of hydrogen-bond acceptors (Lipinski definition) is 5. The first-order chi connectivity index (χ1) is 14.6. The summed E-state index contributed by atoms with van der Waals surface area (Å²) in [6, 6.07) is 10.3. The van der Waals surface area contributed by atoms with Crippen molar-refractivity contribution in [2.75, 3.05) is 11.9 Å². The van der Waals surface area contributed by atoms with Crippen molar-refractivity contribution in [1.82, 2.24) is 15.0 Å². The number of furan rings is 1. The number of rotatable bonds is 6. The van der Waals surface area contributed by atoms with Gasteiger partial charge in [-0.25, -0.2) is 9.97 Å². The maximum atomic E-state index is 12.2. The lowest BCUT2D eigenvalue weighted by Gasteiger charge is -2.07. The van der Waals surface area contributed by atoms with Gasteiger partial charge in [0.15, 0.2) is 11.4 Å². The molecule has 0 atom stereocenters. The molecule has 0 bridgehead atoms. The number of aromatic amines is 1. The van der Waals surface area contributed by atoms with Crippen molar-refractivity contribution in [3.63, 3.8) is 0 Å². The van der Waals surface area contributed by atoms with E-state index >= 15 is 0 Å². The molecule has 0 aliphatic carbocycles. The Hall–Kier alpha value is -3.68. The monoisotopic (exact) mass is 419 g/mol. The SMILES string of the molecule is C=C/C=C(\CN)c1cnc2nc(-c3cc(NC(=O)c4ccco4)ccc3Cl)[nH]c2c1. The van der Waals surface area contributed by atoms with Crippen LogP contribution in [0.4, 0.5) is 5.69 Å². The van der Waals surface area contributed by atoms with Gasteiger partial charge in [0, 0.05) is 24.0 Å². The van der Waals surface area contributed by atoms with Gasteiger partial charge >= 0.3 is 0 Å². The van der Waals surface area contributed by atoms with Gasteiger partial charge in [0.05, 0.1) is 16.8 Å². The van der Waals surface area contributed by atoms with E-state index in [4.69, 9.17) is 21.8 Å². The summed E-state index contributed by atoms with van der Waals surface area (Å²) in [6.45, 7) is 4.08. The number of hydrogen-bond donors (Lipinski definition) is 3. The lowest BCUT2D eigenvalue weighted by molar-refractivity contribution is 0.0996. The summed E-state index contributed by atoms with van der Waals surface area (Å²) in [5.74, 6) is 0.401. The van der Waals surface area contributed by atoms with E-state index in [1.165, 1.54) is 6.26 Å². The smallest absolute Gasteiger partial charge is 0.291 e. The number of pyridine rings is 1. The van der Waals surface area contributed by atoms with Gasteiger partial charge in [-0.3, -0.25) is 4.79 Å². The average molecular weight is 420 g/mol. The Morgan fingerprint density at radius 3 is 2.93 bits per heavy atom. The largest absolute Gasteiger partial charge is 0.459 e. The van der Waals surface area contributed by atoms with Gasteiger partial charge in [-0.1, -0.05) is 30.3 Å². The Labute approximate surface area is 177 Å². The number of nitrogens with one attached hydrogen (secondary N) is 2. The molecule has 4 N–H and O–H groups in total. The first-order valence-electron chi connectivity index (χ1n) is 9.11. The standard InChI is InChI=1S/C22H18ClN5O2/c1-2-4-13(11-24)14-9-18-21(25-12-14)28-20(27-18)16-10-15(6-7-17(16)23)26-22(29)19-5-3-8-30-19/h2-10,12H,1,11,24H2,(H,26,29)(H,25,27,28)/b13-4+. The molecule has 3 heterocycles. The molecule has 1 aromatic carbocycles. The predicted molar refractivity (Wildman–Crippen MR) is 118 cm³/mol. The number of nitrogens with zero attached hydrogens (tertiary/aromatic N) is 2. The molecule has 8 heteroatoms. The van der Waals surface area contributed by atoms with E-state index in [-0.39, 0.29) is 11.7 Å². The number of anilines is 1. The minimum absolute atomic E-state index is 0.218. The molecule has 4 aromatic rings. The number of allylic oxidation sites excluding steroid dienone is 2. The molecule has 0 saturated heterocycles. The van der Waals surface area contributed by atoms with E-state index in [9.17, 15) is 4.79 Å². The fourth-order valence-electron chi connectivity index (χ4n) is 3.01. The van der Waals surface area contributed by atoms with Crippen LogP contribution in [0.1, 0.15) is 16.1 Å². The summed E-state index contributed by atoms with van der Waals surface area (Å²) in [6.07, 6.45) is 6.70. The molecule has 30 heavy (non-hydrogen) atoms. The molecule has 150 valence electrons. The summed E-state index contributed by atoms with van der Waals surface area (Å²) < 4.78 is 5.12. The highest BCUT2D eigenvalue weighted by atomic mass is 35.5. The minimum Gasteiger partial charge on any atom is -0.459 e. The zero-order chi connectivity index (χ0) is 21.1. The molecule has 0 aliphatic heterocycles. The molecule has 3 aromatic heterocycles. The van der Waals surface area contributed by atoms with Gasteiger partial charge in [0.2, 0.25) is 0 Å². The van der Waals surface area contributed by atoms with E-state index in [1.54, 1.807) is 42.6 Å². The molecule has 0 fully saturated rings. The zero-order valence-electron chi connectivity index (χ0n) is 15.9. The molecule has 0 aliphatic rings. The molecule has 0 radical (unpaired) electrons. The maximum absolute atomic E-state index is 12.2. The third kappa shape index (κ3) is 3.89. The van der Waals surface area contributed by atoms with Crippen molar-refractivity contribution >= 4 is 39.9 Å².